The molecule has 0 atom stereocenters. The van der Waals surface area contributed by atoms with Crippen molar-refractivity contribution in [1.29, 1.82) is 0 Å². The summed E-state index contributed by atoms with van der Waals surface area (Å²) < 4.78 is 4.49. The summed E-state index contributed by atoms with van der Waals surface area (Å²) in [5.74, 6) is -0.329. The number of rotatable bonds is 3. The standard InChI is InChI=1S/C9H13ClN4O2/c1-4(2)12-8-6(10)13-5(7(11)14-8)9(15)16-3/h4H,1-3H3,(H3,11,12,14). The topological polar surface area (TPSA) is 90.1 Å². The molecule has 0 aliphatic heterocycles. The molecule has 0 spiro atoms. The zero-order valence-corrected chi connectivity index (χ0v) is 10.00. The summed E-state index contributed by atoms with van der Waals surface area (Å²) in [6, 6.07) is 0.134. The van der Waals surface area contributed by atoms with Crippen molar-refractivity contribution in [3.8, 4) is 0 Å². The van der Waals surface area contributed by atoms with Crippen LogP contribution < -0.4 is 11.1 Å². The number of hydrogen-bond donors (Lipinski definition) is 2. The molecule has 1 heterocycles. The SMILES string of the molecule is COC(=O)c1nc(Cl)c(NC(C)C)nc1N. The van der Waals surface area contributed by atoms with E-state index in [2.05, 4.69) is 20.0 Å². The van der Waals surface area contributed by atoms with Gasteiger partial charge in [0.1, 0.15) is 0 Å². The Kier molecular flexibility index (Phi) is 3.89. The van der Waals surface area contributed by atoms with Crippen LogP contribution in [-0.4, -0.2) is 29.1 Å². The summed E-state index contributed by atoms with van der Waals surface area (Å²) in [5.41, 5.74) is 5.49. The van der Waals surface area contributed by atoms with Gasteiger partial charge in [0.25, 0.3) is 0 Å². The van der Waals surface area contributed by atoms with E-state index in [9.17, 15) is 4.79 Å². The van der Waals surface area contributed by atoms with E-state index >= 15 is 0 Å². The number of methoxy groups -OCH3 is 1. The van der Waals surface area contributed by atoms with Gasteiger partial charge in [0, 0.05) is 6.04 Å². The molecule has 16 heavy (non-hydrogen) atoms. The van der Waals surface area contributed by atoms with Gasteiger partial charge in [0.2, 0.25) is 0 Å². The van der Waals surface area contributed by atoms with E-state index in [1.807, 2.05) is 13.8 Å². The van der Waals surface area contributed by atoms with Crippen molar-refractivity contribution in [3.63, 3.8) is 0 Å². The van der Waals surface area contributed by atoms with Crippen LogP contribution in [0.5, 0.6) is 0 Å². The summed E-state index contributed by atoms with van der Waals surface area (Å²) in [4.78, 5) is 19.0. The van der Waals surface area contributed by atoms with E-state index in [1.165, 1.54) is 7.11 Å². The van der Waals surface area contributed by atoms with E-state index < -0.39 is 5.97 Å². The molecule has 0 amide bonds. The number of nitrogens with zero attached hydrogens (tertiary/aromatic N) is 2. The monoisotopic (exact) mass is 244 g/mol. The van der Waals surface area contributed by atoms with Gasteiger partial charge in [0.05, 0.1) is 7.11 Å². The third kappa shape index (κ3) is 2.73. The van der Waals surface area contributed by atoms with Crippen molar-refractivity contribution in [3.05, 3.63) is 10.8 Å². The first-order chi connectivity index (χ1) is 7.45. The molecule has 7 heteroatoms. The van der Waals surface area contributed by atoms with Crippen LogP contribution in [0.4, 0.5) is 11.6 Å². The molecule has 0 radical (unpaired) electrons. The Morgan fingerprint density at radius 2 is 2.12 bits per heavy atom. The van der Waals surface area contributed by atoms with Crippen LogP contribution in [0.15, 0.2) is 0 Å². The number of carbonyl (C=O) groups excluding carboxylic acids is 1. The number of halogens is 1. The third-order valence-corrected chi connectivity index (χ3v) is 1.95. The molecule has 3 N–H and O–H groups in total. The first-order valence-electron chi connectivity index (χ1n) is 4.63. The number of esters is 1. The number of nitrogen functional groups attached to an aromatic ring is 1. The maximum absolute atomic E-state index is 11.2. The van der Waals surface area contributed by atoms with Gasteiger partial charge in [-0.1, -0.05) is 11.6 Å². The van der Waals surface area contributed by atoms with Gasteiger partial charge in [-0.2, -0.15) is 0 Å². The van der Waals surface area contributed by atoms with Crippen molar-refractivity contribution in [1.82, 2.24) is 9.97 Å². The molecule has 0 aliphatic carbocycles. The first-order valence-corrected chi connectivity index (χ1v) is 5.01. The molecule has 0 bridgehead atoms. The minimum Gasteiger partial charge on any atom is -0.464 e. The fourth-order valence-corrected chi connectivity index (χ4v) is 1.22. The summed E-state index contributed by atoms with van der Waals surface area (Å²) in [6.07, 6.45) is 0. The summed E-state index contributed by atoms with van der Waals surface area (Å²) in [5, 5.41) is 3.05. The van der Waals surface area contributed by atoms with Crippen LogP contribution in [0, 0.1) is 0 Å². The average Bonchev–Trinajstić information content (AvgIpc) is 2.21. The number of anilines is 2. The van der Waals surface area contributed by atoms with Gasteiger partial charge in [-0.15, -0.1) is 0 Å². The second-order valence-corrected chi connectivity index (χ2v) is 3.75. The fraction of sp³-hybridized carbons (Fsp3) is 0.444. The molecule has 1 aromatic heterocycles. The third-order valence-electron chi connectivity index (χ3n) is 1.68. The molecule has 1 aromatic rings. The maximum Gasteiger partial charge on any atom is 0.360 e. The number of carbonyl (C=O) groups is 1. The molecule has 88 valence electrons. The molecule has 0 saturated heterocycles. The van der Waals surface area contributed by atoms with Crippen molar-refractivity contribution in [2.75, 3.05) is 18.2 Å². The number of ether oxygens (including phenoxy) is 1. The van der Waals surface area contributed by atoms with Gasteiger partial charge in [0.15, 0.2) is 22.5 Å². The van der Waals surface area contributed by atoms with Gasteiger partial charge >= 0.3 is 5.97 Å². The lowest BCUT2D eigenvalue weighted by Gasteiger charge is -2.11. The molecule has 0 fully saturated rings. The lowest BCUT2D eigenvalue weighted by molar-refractivity contribution is 0.0595. The zero-order chi connectivity index (χ0) is 12.3. The van der Waals surface area contributed by atoms with E-state index in [4.69, 9.17) is 17.3 Å². The minimum absolute atomic E-state index is 0.0144. The Morgan fingerprint density at radius 1 is 1.50 bits per heavy atom. The summed E-state index contributed by atoms with van der Waals surface area (Å²) >= 11 is 5.85. The first kappa shape index (κ1) is 12.5. The summed E-state index contributed by atoms with van der Waals surface area (Å²) in [7, 11) is 1.23. The van der Waals surface area contributed by atoms with Crippen molar-refractivity contribution in [2.24, 2.45) is 0 Å². The van der Waals surface area contributed by atoms with Crippen LogP contribution >= 0.6 is 11.6 Å². The number of aromatic nitrogens is 2. The Hall–Kier alpha value is -1.56. The van der Waals surface area contributed by atoms with Crippen LogP contribution in [0.2, 0.25) is 5.15 Å². The number of nitrogens with one attached hydrogen (secondary N) is 1. The lowest BCUT2D eigenvalue weighted by Crippen LogP contribution is -2.16. The van der Waals surface area contributed by atoms with Crippen LogP contribution in [0.25, 0.3) is 0 Å². The Labute approximate surface area is 98.2 Å². The predicted molar refractivity (Wildman–Crippen MR) is 61.6 cm³/mol. The smallest absolute Gasteiger partial charge is 0.360 e. The maximum atomic E-state index is 11.2. The molecule has 6 nitrogen and oxygen atoms in total. The molecular formula is C9H13ClN4O2. The highest BCUT2D eigenvalue weighted by Gasteiger charge is 2.17. The second-order valence-electron chi connectivity index (χ2n) is 3.39. The van der Waals surface area contributed by atoms with Crippen molar-refractivity contribution >= 4 is 29.2 Å². The van der Waals surface area contributed by atoms with E-state index in [1.54, 1.807) is 0 Å². The van der Waals surface area contributed by atoms with Crippen LogP contribution in [-0.2, 0) is 4.74 Å². The predicted octanol–water partition coefficient (Wildman–Crippen LogP) is 1.32. The summed E-state index contributed by atoms with van der Waals surface area (Å²) in [6.45, 7) is 3.84. The van der Waals surface area contributed by atoms with E-state index in [0.717, 1.165) is 0 Å². The minimum atomic E-state index is -0.664. The molecule has 0 aromatic carbocycles. The Morgan fingerprint density at radius 3 is 2.62 bits per heavy atom. The van der Waals surface area contributed by atoms with Crippen LogP contribution in [0.1, 0.15) is 24.3 Å². The highest BCUT2D eigenvalue weighted by molar-refractivity contribution is 6.31. The molecule has 1 rings (SSSR count). The fourth-order valence-electron chi connectivity index (χ4n) is 1.04. The molecule has 0 aliphatic rings. The van der Waals surface area contributed by atoms with E-state index in [0.29, 0.717) is 5.82 Å². The normalized spacial score (nSPS) is 10.3. The van der Waals surface area contributed by atoms with Crippen molar-refractivity contribution in [2.45, 2.75) is 19.9 Å². The zero-order valence-electron chi connectivity index (χ0n) is 9.24. The number of hydrogen-bond acceptors (Lipinski definition) is 6. The van der Waals surface area contributed by atoms with E-state index in [-0.39, 0.29) is 22.7 Å². The molecule has 0 unspecified atom stereocenters. The lowest BCUT2D eigenvalue weighted by atomic mass is 10.4. The van der Waals surface area contributed by atoms with Gasteiger partial charge in [-0.25, -0.2) is 14.8 Å². The van der Waals surface area contributed by atoms with Gasteiger partial charge in [-0.3, -0.25) is 0 Å². The molecule has 0 saturated carbocycles. The second kappa shape index (κ2) is 4.98. The Balaban J connectivity index is 3.11. The Bertz CT molecular complexity index is 409. The molecular weight excluding hydrogens is 232 g/mol. The van der Waals surface area contributed by atoms with Crippen molar-refractivity contribution < 1.29 is 9.53 Å². The van der Waals surface area contributed by atoms with Crippen LogP contribution in [0.3, 0.4) is 0 Å². The highest BCUT2D eigenvalue weighted by atomic mass is 35.5. The van der Waals surface area contributed by atoms with Gasteiger partial charge in [-0.05, 0) is 13.8 Å². The average molecular weight is 245 g/mol. The highest BCUT2D eigenvalue weighted by Crippen LogP contribution is 2.21. The quantitative estimate of drug-likeness (QED) is 0.780. The number of nitrogens with two attached hydrogens (primary N) is 1. The van der Waals surface area contributed by atoms with Gasteiger partial charge < -0.3 is 15.8 Å². The largest absolute Gasteiger partial charge is 0.464 e.